The summed E-state index contributed by atoms with van der Waals surface area (Å²) in [5, 5.41) is 0. The van der Waals surface area contributed by atoms with E-state index in [-0.39, 0.29) is 0 Å². The van der Waals surface area contributed by atoms with Gasteiger partial charge in [0.2, 0.25) is 5.91 Å². The zero-order valence-corrected chi connectivity index (χ0v) is 31.0. The summed E-state index contributed by atoms with van der Waals surface area (Å²) in [6, 6.07) is 0. The Hall–Kier alpha value is -0.640. The number of nitrogens with zero attached hydrogens (tertiary/aromatic N) is 1. The van der Waals surface area contributed by atoms with Crippen LogP contribution in [-0.2, 0) is 9.47 Å². The number of rotatable bonds is 36. The van der Waals surface area contributed by atoms with Crippen LogP contribution in [0.25, 0.3) is 0 Å². The fourth-order valence-corrected chi connectivity index (χ4v) is 5.98. The van der Waals surface area contributed by atoms with Gasteiger partial charge in [-0.1, -0.05) is 161 Å². The van der Waals surface area contributed by atoms with Gasteiger partial charge in [0.15, 0.2) is 0 Å². The van der Waals surface area contributed by atoms with Crippen molar-refractivity contribution in [1.29, 1.82) is 0 Å². The van der Waals surface area contributed by atoms with E-state index in [0.29, 0.717) is 0 Å². The average Bonchev–Trinajstić information content (AvgIpc) is 3.02. The highest BCUT2D eigenvalue weighted by Crippen LogP contribution is 2.23. The second-order valence-electron chi connectivity index (χ2n) is 13.5. The Morgan fingerprint density at radius 3 is 0.932 bits per heavy atom. The molecule has 0 aliphatic rings. The van der Waals surface area contributed by atoms with Crippen molar-refractivity contribution in [2.24, 2.45) is 0 Å². The minimum atomic E-state index is -0.566. The number of unbranched alkanes of at least 4 members (excludes halogenated alkanes) is 24. The van der Waals surface area contributed by atoms with Crippen molar-refractivity contribution >= 4 is 0 Å². The summed E-state index contributed by atoms with van der Waals surface area (Å²) in [7, 11) is 4.18. The van der Waals surface area contributed by atoms with Crippen LogP contribution in [-0.4, -0.2) is 38.1 Å². The SMILES string of the molecule is CCCCCCCCC=CCCCCCCCCOC(CC)(OCCCCCCCCC=CCCCCCCCC)N(C)C. The molecule has 0 N–H and O–H groups in total. The molecule has 0 aliphatic carbocycles. The highest BCUT2D eigenvalue weighted by molar-refractivity contribution is 4.82. The maximum Gasteiger partial charge on any atom is 0.229 e. The van der Waals surface area contributed by atoms with Gasteiger partial charge < -0.3 is 9.47 Å². The lowest BCUT2D eigenvalue weighted by molar-refractivity contribution is -0.309. The third-order valence-electron chi connectivity index (χ3n) is 9.10. The normalized spacial score (nSPS) is 13.6. The minimum absolute atomic E-state index is 0.566. The van der Waals surface area contributed by atoms with Crippen LogP contribution in [0.4, 0.5) is 0 Å². The van der Waals surface area contributed by atoms with Gasteiger partial charge >= 0.3 is 0 Å². The monoisotopic (exact) mass is 620 g/mol. The van der Waals surface area contributed by atoms with E-state index in [1.165, 1.54) is 167 Å². The number of hydrogen-bond donors (Lipinski definition) is 0. The van der Waals surface area contributed by atoms with Gasteiger partial charge in [0, 0.05) is 6.42 Å². The van der Waals surface area contributed by atoms with Crippen molar-refractivity contribution in [3.05, 3.63) is 24.3 Å². The topological polar surface area (TPSA) is 21.7 Å². The summed E-state index contributed by atoms with van der Waals surface area (Å²) in [6.45, 7) is 8.35. The van der Waals surface area contributed by atoms with Crippen LogP contribution in [0.15, 0.2) is 24.3 Å². The minimum Gasteiger partial charge on any atom is -0.337 e. The van der Waals surface area contributed by atoms with Crippen LogP contribution in [0.2, 0.25) is 0 Å². The zero-order chi connectivity index (χ0) is 32.2. The molecule has 0 aliphatic heterocycles. The van der Waals surface area contributed by atoms with Crippen molar-refractivity contribution in [1.82, 2.24) is 4.90 Å². The predicted molar refractivity (Wildman–Crippen MR) is 198 cm³/mol. The molecule has 0 fully saturated rings. The van der Waals surface area contributed by atoms with Crippen LogP contribution in [0.1, 0.15) is 207 Å². The molecule has 0 amide bonds. The van der Waals surface area contributed by atoms with Gasteiger partial charge in [0.05, 0.1) is 13.2 Å². The lowest BCUT2D eigenvalue weighted by atomic mass is 10.1. The third kappa shape index (κ3) is 28.8. The Morgan fingerprint density at radius 2 is 0.659 bits per heavy atom. The van der Waals surface area contributed by atoms with Crippen LogP contribution in [0, 0.1) is 0 Å². The molecule has 0 bridgehead atoms. The van der Waals surface area contributed by atoms with E-state index >= 15 is 0 Å². The van der Waals surface area contributed by atoms with Gasteiger partial charge in [-0.3, -0.25) is 4.90 Å². The van der Waals surface area contributed by atoms with Crippen molar-refractivity contribution in [3.63, 3.8) is 0 Å². The molecule has 0 atom stereocenters. The summed E-state index contributed by atoms with van der Waals surface area (Å²) in [5.74, 6) is -0.566. The molecule has 0 aromatic rings. The molecule has 0 radical (unpaired) electrons. The van der Waals surface area contributed by atoms with E-state index in [9.17, 15) is 0 Å². The van der Waals surface area contributed by atoms with Crippen molar-refractivity contribution in [3.8, 4) is 0 Å². The molecule has 0 aromatic carbocycles. The number of allylic oxidation sites excluding steroid dienone is 4. The molecule has 0 heterocycles. The van der Waals surface area contributed by atoms with E-state index in [1.807, 2.05) is 0 Å². The second kappa shape index (κ2) is 35.2. The fourth-order valence-electron chi connectivity index (χ4n) is 5.98. The first-order valence-corrected chi connectivity index (χ1v) is 19.9. The van der Waals surface area contributed by atoms with E-state index in [0.717, 1.165) is 32.5 Å². The molecule has 0 aromatic heterocycles. The van der Waals surface area contributed by atoms with Crippen molar-refractivity contribution in [2.45, 2.75) is 213 Å². The Bertz CT molecular complexity index is 555. The molecule has 0 saturated heterocycles. The van der Waals surface area contributed by atoms with Crippen molar-refractivity contribution in [2.75, 3.05) is 27.3 Å². The molecule has 0 spiro atoms. The Balaban J connectivity index is 3.70. The second-order valence-corrected chi connectivity index (χ2v) is 13.5. The lowest BCUT2D eigenvalue weighted by Gasteiger charge is -2.38. The third-order valence-corrected chi connectivity index (χ3v) is 9.10. The van der Waals surface area contributed by atoms with Crippen LogP contribution >= 0.6 is 0 Å². The molecular weight excluding hydrogens is 538 g/mol. The summed E-state index contributed by atoms with van der Waals surface area (Å²) < 4.78 is 12.8. The lowest BCUT2D eigenvalue weighted by Crippen LogP contribution is -2.49. The van der Waals surface area contributed by atoms with Gasteiger partial charge in [-0.2, -0.15) is 0 Å². The summed E-state index contributed by atoms with van der Waals surface area (Å²) in [4.78, 5) is 2.13. The van der Waals surface area contributed by atoms with Crippen LogP contribution < -0.4 is 0 Å². The first-order chi connectivity index (χ1) is 21.6. The van der Waals surface area contributed by atoms with Gasteiger partial charge in [-0.25, -0.2) is 0 Å². The van der Waals surface area contributed by atoms with Gasteiger partial charge in [-0.05, 0) is 78.3 Å². The highest BCUT2D eigenvalue weighted by atomic mass is 16.7. The maximum absolute atomic E-state index is 6.38. The molecule has 0 unspecified atom stereocenters. The number of ether oxygens (including phenoxy) is 2. The molecular formula is C41H81NO2. The molecule has 0 rings (SSSR count). The molecule has 262 valence electrons. The van der Waals surface area contributed by atoms with E-state index < -0.39 is 5.91 Å². The fraction of sp³-hybridized carbons (Fsp3) is 0.902. The first kappa shape index (κ1) is 43.4. The van der Waals surface area contributed by atoms with E-state index in [2.05, 4.69) is 64.1 Å². The molecule has 0 saturated carbocycles. The summed E-state index contributed by atoms with van der Waals surface area (Å²) in [5.41, 5.74) is 0. The molecule has 3 heteroatoms. The smallest absolute Gasteiger partial charge is 0.229 e. The maximum atomic E-state index is 6.38. The molecule has 44 heavy (non-hydrogen) atoms. The van der Waals surface area contributed by atoms with Crippen LogP contribution in [0.3, 0.4) is 0 Å². The Morgan fingerprint density at radius 1 is 0.386 bits per heavy atom. The average molecular weight is 620 g/mol. The van der Waals surface area contributed by atoms with E-state index in [4.69, 9.17) is 9.47 Å². The number of hydrogen-bond acceptors (Lipinski definition) is 3. The largest absolute Gasteiger partial charge is 0.337 e. The first-order valence-electron chi connectivity index (χ1n) is 19.9. The Labute approximate surface area is 278 Å². The Kier molecular flexibility index (Phi) is 34.7. The van der Waals surface area contributed by atoms with Crippen LogP contribution in [0.5, 0.6) is 0 Å². The standard InChI is InChI=1S/C41H81NO2/c1-6-9-11-13-15-17-19-21-23-25-27-29-31-33-35-37-39-43-41(8-3,42(4)5)44-40-38-36-34-32-30-28-26-24-22-20-18-16-14-12-10-7-2/h21-24H,6-20,25-40H2,1-5H3. The van der Waals surface area contributed by atoms with Gasteiger partial charge in [0.1, 0.15) is 0 Å². The van der Waals surface area contributed by atoms with Gasteiger partial charge in [0.25, 0.3) is 0 Å². The summed E-state index contributed by atoms with van der Waals surface area (Å²) in [6.07, 6.45) is 47.9. The van der Waals surface area contributed by atoms with Gasteiger partial charge in [-0.15, -0.1) is 0 Å². The van der Waals surface area contributed by atoms with E-state index in [1.54, 1.807) is 0 Å². The van der Waals surface area contributed by atoms with Crippen molar-refractivity contribution < 1.29 is 9.47 Å². The quantitative estimate of drug-likeness (QED) is 0.0395. The summed E-state index contributed by atoms with van der Waals surface area (Å²) >= 11 is 0. The highest BCUT2D eigenvalue weighted by Gasteiger charge is 2.32. The predicted octanol–water partition coefficient (Wildman–Crippen LogP) is 13.7. The zero-order valence-electron chi connectivity index (χ0n) is 31.0. The molecule has 3 nitrogen and oxygen atoms in total.